The Hall–Kier alpha value is -3.13. The summed E-state index contributed by atoms with van der Waals surface area (Å²) in [5.41, 5.74) is 2.35. The summed E-state index contributed by atoms with van der Waals surface area (Å²) < 4.78 is 5.16. The SMILES string of the molecule is N#Cc1cccc(NC(=O)Cc2noc3ccccc23)c1. The summed E-state index contributed by atoms with van der Waals surface area (Å²) >= 11 is 0. The summed E-state index contributed by atoms with van der Waals surface area (Å²) in [7, 11) is 0. The molecule has 0 spiro atoms. The number of nitrogens with one attached hydrogen (secondary N) is 1. The van der Waals surface area contributed by atoms with E-state index in [1.165, 1.54) is 0 Å². The zero-order valence-corrected chi connectivity index (χ0v) is 11.0. The molecule has 0 unspecified atom stereocenters. The average molecular weight is 277 g/mol. The van der Waals surface area contributed by atoms with Gasteiger partial charge in [0.2, 0.25) is 5.91 Å². The number of nitrogens with zero attached hydrogens (tertiary/aromatic N) is 2. The smallest absolute Gasteiger partial charge is 0.230 e. The quantitative estimate of drug-likeness (QED) is 0.798. The molecule has 5 heteroatoms. The van der Waals surface area contributed by atoms with E-state index in [9.17, 15) is 4.79 Å². The number of amides is 1. The first kappa shape index (κ1) is 12.9. The second-order valence-corrected chi connectivity index (χ2v) is 4.54. The van der Waals surface area contributed by atoms with Crippen molar-refractivity contribution in [2.24, 2.45) is 0 Å². The van der Waals surface area contributed by atoms with Gasteiger partial charge >= 0.3 is 0 Å². The molecule has 0 bridgehead atoms. The van der Waals surface area contributed by atoms with Crippen molar-refractivity contribution in [3.8, 4) is 6.07 Å². The first-order valence-corrected chi connectivity index (χ1v) is 6.39. The summed E-state index contributed by atoms with van der Waals surface area (Å²) in [5, 5.41) is 16.3. The van der Waals surface area contributed by atoms with E-state index in [1.54, 1.807) is 30.3 Å². The molecule has 0 aliphatic rings. The van der Waals surface area contributed by atoms with Crippen molar-refractivity contribution < 1.29 is 9.32 Å². The lowest BCUT2D eigenvalue weighted by Gasteiger charge is -2.04. The summed E-state index contributed by atoms with van der Waals surface area (Å²) in [6, 6.07) is 16.2. The van der Waals surface area contributed by atoms with Crippen molar-refractivity contribution in [1.82, 2.24) is 5.16 Å². The summed E-state index contributed by atoms with van der Waals surface area (Å²) in [5.74, 6) is -0.204. The van der Waals surface area contributed by atoms with Crippen LogP contribution in [0.2, 0.25) is 0 Å². The lowest BCUT2D eigenvalue weighted by Crippen LogP contribution is -2.14. The fourth-order valence-corrected chi connectivity index (χ4v) is 2.09. The zero-order valence-electron chi connectivity index (χ0n) is 11.0. The van der Waals surface area contributed by atoms with Crippen molar-refractivity contribution in [3.05, 3.63) is 59.8 Å². The van der Waals surface area contributed by atoms with Gasteiger partial charge in [0.1, 0.15) is 5.69 Å². The summed E-state index contributed by atoms with van der Waals surface area (Å²) in [6.07, 6.45) is 0.119. The van der Waals surface area contributed by atoms with Gasteiger partial charge < -0.3 is 9.84 Å². The molecular weight excluding hydrogens is 266 g/mol. The molecular formula is C16H11N3O2. The Bertz CT molecular complexity index is 846. The van der Waals surface area contributed by atoms with Gasteiger partial charge in [-0.15, -0.1) is 0 Å². The minimum Gasteiger partial charge on any atom is -0.356 e. The molecule has 1 N–H and O–H groups in total. The van der Waals surface area contributed by atoms with E-state index in [-0.39, 0.29) is 12.3 Å². The molecule has 0 saturated carbocycles. The Kier molecular flexibility index (Phi) is 3.36. The van der Waals surface area contributed by atoms with E-state index in [2.05, 4.69) is 10.5 Å². The third kappa shape index (κ3) is 2.74. The number of carbonyl (C=O) groups is 1. The fraction of sp³-hybridized carbons (Fsp3) is 0.0625. The third-order valence-electron chi connectivity index (χ3n) is 3.06. The maximum Gasteiger partial charge on any atom is 0.230 e. The van der Waals surface area contributed by atoms with Crippen LogP contribution in [0.15, 0.2) is 53.1 Å². The molecule has 2 aromatic carbocycles. The molecule has 3 rings (SSSR count). The van der Waals surface area contributed by atoms with Crippen molar-refractivity contribution in [2.45, 2.75) is 6.42 Å². The van der Waals surface area contributed by atoms with Crippen molar-refractivity contribution >= 4 is 22.6 Å². The van der Waals surface area contributed by atoms with Crippen LogP contribution in [-0.4, -0.2) is 11.1 Å². The van der Waals surface area contributed by atoms with Crippen LogP contribution in [0, 0.1) is 11.3 Å². The molecule has 5 nitrogen and oxygen atoms in total. The lowest BCUT2D eigenvalue weighted by atomic mass is 10.1. The van der Waals surface area contributed by atoms with Gasteiger partial charge in [-0.1, -0.05) is 23.4 Å². The molecule has 102 valence electrons. The van der Waals surface area contributed by atoms with Crippen LogP contribution < -0.4 is 5.32 Å². The number of fused-ring (bicyclic) bond motifs is 1. The lowest BCUT2D eigenvalue weighted by molar-refractivity contribution is -0.115. The minimum atomic E-state index is -0.204. The first-order valence-electron chi connectivity index (χ1n) is 6.39. The molecule has 0 fully saturated rings. The van der Waals surface area contributed by atoms with E-state index in [1.807, 2.05) is 24.3 Å². The van der Waals surface area contributed by atoms with Gasteiger partial charge in [-0.25, -0.2) is 0 Å². The molecule has 0 aliphatic carbocycles. The predicted molar refractivity (Wildman–Crippen MR) is 77.5 cm³/mol. The van der Waals surface area contributed by atoms with Gasteiger partial charge in [0.25, 0.3) is 0 Å². The fourth-order valence-electron chi connectivity index (χ4n) is 2.09. The number of rotatable bonds is 3. The normalized spacial score (nSPS) is 10.2. The second-order valence-electron chi connectivity index (χ2n) is 4.54. The number of aromatic nitrogens is 1. The molecule has 21 heavy (non-hydrogen) atoms. The molecule has 1 heterocycles. The Morgan fingerprint density at radius 3 is 2.95 bits per heavy atom. The largest absolute Gasteiger partial charge is 0.356 e. The second kappa shape index (κ2) is 5.47. The highest BCUT2D eigenvalue weighted by Gasteiger charge is 2.12. The van der Waals surface area contributed by atoms with Gasteiger partial charge in [-0.3, -0.25) is 4.79 Å². The van der Waals surface area contributed by atoms with E-state index < -0.39 is 0 Å². The van der Waals surface area contributed by atoms with Gasteiger partial charge in [0.15, 0.2) is 5.58 Å². The van der Waals surface area contributed by atoms with Crippen molar-refractivity contribution in [1.29, 1.82) is 5.26 Å². The van der Waals surface area contributed by atoms with Crippen LogP contribution in [0.5, 0.6) is 0 Å². The van der Waals surface area contributed by atoms with Gasteiger partial charge in [-0.05, 0) is 30.3 Å². The third-order valence-corrected chi connectivity index (χ3v) is 3.06. The highest BCUT2D eigenvalue weighted by Crippen LogP contribution is 2.18. The number of benzene rings is 2. The zero-order chi connectivity index (χ0) is 14.7. The maximum absolute atomic E-state index is 12.0. The number of hydrogen-bond acceptors (Lipinski definition) is 4. The van der Waals surface area contributed by atoms with Crippen molar-refractivity contribution in [3.63, 3.8) is 0 Å². The molecule has 1 aromatic heterocycles. The number of hydrogen-bond donors (Lipinski definition) is 1. The highest BCUT2D eigenvalue weighted by molar-refractivity contribution is 5.94. The number of nitriles is 1. The molecule has 0 saturated heterocycles. The predicted octanol–water partition coefficient (Wildman–Crippen LogP) is 2.88. The maximum atomic E-state index is 12.0. The number of anilines is 1. The van der Waals surface area contributed by atoms with Crippen LogP contribution in [0.25, 0.3) is 11.0 Å². The Morgan fingerprint density at radius 1 is 1.24 bits per heavy atom. The first-order chi connectivity index (χ1) is 10.3. The highest BCUT2D eigenvalue weighted by atomic mass is 16.5. The number of carbonyl (C=O) groups excluding carboxylic acids is 1. The van der Waals surface area contributed by atoms with Crippen LogP contribution in [-0.2, 0) is 11.2 Å². The van der Waals surface area contributed by atoms with Gasteiger partial charge in [0, 0.05) is 11.1 Å². The van der Waals surface area contributed by atoms with E-state index in [0.717, 1.165) is 5.39 Å². The molecule has 3 aromatic rings. The molecule has 0 atom stereocenters. The van der Waals surface area contributed by atoms with E-state index in [0.29, 0.717) is 22.5 Å². The van der Waals surface area contributed by atoms with Gasteiger partial charge in [0.05, 0.1) is 18.1 Å². The Morgan fingerprint density at radius 2 is 2.10 bits per heavy atom. The summed E-state index contributed by atoms with van der Waals surface area (Å²) in [4.78, 5) is 12.0. The van der Waals surface area contributed by atoms with Crippen LogP contribution in [0.1, 0.15) is 11.3 Å². The van der Waals surface area contributed by atoms with Crippen LogP contribution in [0.4, 0.5) is 5.69 Å². The van der Waals surface area contributed by atoms with Gasteiger partial charge in [-0.2, -0.15) is 5.26 Å². The molecule has 1 amide bonds. The standard InChI is InChI=1S/C16H11N3O2/c17-10-11-4-3-5-12(8-11)18-16(20)9-14-13-6-1-2-7-15(13)21-19-14/h1-8H,9H2,(H,18,20). The van der Waals surface area contributed by atoms with E-state index >= 15 is 0 Å². The summed E-state index contributed by atoms with van der Waals surface area (Å²) in [6.45, 7) is 0. The molecule has 0 aliphatic heterocycles. The van der Waals surface area contributed by atoms with Crippen LogP contribution in [0.3, 0.4) is 0 Å². The Labute approximate surface area is 120 Å². The van der Waals surface area contributed by atoms with E-state index in [4.69, 9.17) is 9.78 Å². The average Bonchev–Trinajstić information content (AvgIpc) is 2.91. The number of para-hydroxylation sites is 1. The Balaban J connectivity index is 1.76. The monoisotopic (exact) mass is 277 g/mol. The van der Waals surface area contributed by atoms with Crippen LogP contribution >= 0.6 is 0 Å². The minimum absolute atomic E-state index is 0.119. The molecule has 0 radical (unpaired) electrons. The topological polar surface area (TPSA) is 78.9 Å². The van der Waals surface area contributed by atoms with Crippen molar-refractivity contribution in [2.75, 3.05) is 5.32 Å².